The highest BCUT2D eigenvalue weighted by atomic mass is 32.1. The number of hydrogen-bond acceptors (Lipinski definition) is 4. The van der Waals surface area contributed by atoms with Crippen LogP contribution >= 0.6 is 12.2 Å². The van der Waals surface area contributed by atoms with Crippen LogP contribution in [0.4, 0.5) is 5.82 Å². The quantitative estimate of drug-likeness (QED) is 0.849. The SMILES string of the molecule is CCC1CCCCCN1c1nccnc1C(N)=S. The zero-order chi connectivity index (χ0) is 13.0. The number of nitrogens with two attached hydrogens (primary N) is 1. The normalized spacial score (nSPS) is 20.5. The number of hydrogen-bond donors (Lipinski definition) is 1. The summed E-state index contributed by atoms with van der Waals surface area (Å²) < 4.78 is 0. The second-order valence-corrected chi connectivity index (χ2v) is 5.14. The summed E-state index contributed by atoms with van der Waals surface area (Å²) in [5.74, 6) is 0.860. The van der Waals surface area contributed by atoms with Gasteiger partial charge < -0.3 is 10.6 Å². The van der Waals surface area contributed by atoms with Crippen LogP contribution < -0.4 is 10.6 Å². The van der Waals surface area contributed by atoms with Gasteiger partial charge >= 0.3 is 0 Å². The number of anilines is 1. The van der Waals surface area contributed by atoms with Crippen molar-refractivity contribution >= 4 is 23.0 Å². The Morgan fingerprint density at radius 3 is 2.89 bits per heavy atom. The summed E-state index contributed by atoms with van der Waals surface area (Å²) in [6.45, 7) is 3.24. The highest BCUT2D eigenvalue weighted by molar-refractivity contribution is 7.80. The molecule has 1 atom stereocenters. The van der Waals surface area contributed by atoms with Gasteiger partial charge in [0, 0.05) is 25.0 Å². The third-order valence-electron chi connectivity index (χ3n) is 3.53. The molecule has 2 heterocycles. The zero-order valence-corrected chi connectivity index (χ0v) is 11.6. The maximum atomic E-state index is 5.75. The summed E-state index contributed by atoms with van der Waals surface area (Å²) in [6.07, 6.45) is 9.47. The Balaban J connectivity index is 2.35. The average molecular weight is 264 g/mol. The number of rotatable bonds is 3. The predicted molar refractivity (Wildman–Crippen MR) is 77.8 cm³/mol. The van der Waals surface area contributed by atoms with Crippen molar-refractivity contribution in [3.8, 4) is 0 Å². The molecule has 1 fully saturated rings. The van der Waals surface area contributed by atoms with E-state index in [-0.39, 0.29) is 0 Å². The molecule has 1 aromatic rings. The van der Waals surface area contributed by atoms with Crippen LogP contribution in [-0.4, -0.2) is 27.5 Å². The minimum absolute atomic E-state index is 0.331. The predicted octanol–water partition coefficient (Wildman–Crippen LogP) is 2.27. The van der Waals surface area contributed by atoms with Gasteiger partial charge in [-0.05, 0) is 19.3 Å². The molecular formula is C13H20N4S. The molecular weight excluding hydrogens is 244 g/mol. The molecule has 0 bridgehead atoms. The van der Waals surface area contributed by atoms with Gasteiger partial charge in [0.05, 0.1) is 0 Å². The first-order valence-electron chi connectivity index (χ1n) is 6.61. The first-order chi connectivity index (χ1) is 8.74. The number of nitrogens with zero attached hydrogens (tertiary/aromatic N) is 3. The lowest BCUT2D eigenvalue weighted by Crippen LogP contribution is -2.37. The molecule has 1 aliphatic heterocycles. The van der Waals surface area contributed by atoms with Crippen LogP contribution in [0.1, 0.15) is 44.7 Å². The fourth-order valence-electron chi connectivity index (χ4n) is 2.60. The van der Waals surface area contributed by atoms with E-state index in [1.165, 1.54) is 25.7 Å². The monoisotopic (exact) mass is 264 g/mol. The highest BCUT2D eigenvalue weighted by Gasteiger charge is 2.24. The van der Waals surface area contributed by atoms with Gasteiger partial charge in [0.1, 0.15) is 10.7 Å². The first kappa shape index (κ1) is 13.2. The lowest BCUT2D eigenvalue weighted by molar-refractivity contribution is 0.551. The molecule has 98 valence electrons. The van der Waals surface area contributed by atoms with Crippen LogP contribution in [-0.2, 0) is 0 Å². The molecule has 0 aliphatic carbocycles. The van der Waals surface area contributed by atoms with E-state index in [1.54, 1.807) is 12.4 Å². The van der Waals surface area contributed by atoms with Crippen molar-refractivity contribution in [2.75, 3.05) is 11.4 Å². The molecule has 2 rings (SSSR count). The fourth-order valence-corrected chi connectivity index (χ4v) is 2.74. The van der Waals surface area contributed by atoms with Crippen molar-refractivity contribution in [2.45, 2.75) is 45.1 Å². The van der Waals surface area contributed by atoms with Gasteiger partial charge in [-0.15, -0.1) is 0 Å². The van der Waals surface area contributed by atoms with Crippen LogP contribution in [0, 0.1) is 0 Å². The molecule has 18 heavy (non-hydrogen) atoms. The molecule has 2 N–H and O–H groups in total. The van der Waals surface area contributed by atoms with Crippen molar-refractivity contribution in [3.05, 3.63) is 18.1 Å². The van der Waals surface area contributed by atoms with Crippen molar-refractivity contribution in [1.29, 1.82) is 0 Å². The second kappa shape index (κ2) is 6.09. The summed E-state index contributed by atoms with van der Waals surface area (Å²) >= 11 is 5.08. The molecule has 1 aromatic heterocycles. The summed E-state index contributed by atoms with van der Waals surface area (Å²) in [6, 6.07) is 0.525. The van der Waals surface area contributed by atoms with Gasteiger partial charge in [-0.25, -0.2) is 9.97 Å². The van der Waals surface area contributed by atoms with Gasteiger partial charge in [0.2, 0.25) is 0 Å². The van der Waals surface area contributed by atoms with E-state index in [0.717, 1.165) is 18.8 Å². The first-order valence-corrected chi connectivity index (χ1v) is 7.02. The average Bonchev–Trinajstić information content (AvgIpc) is 2.63. The molecule has 4 nitrogen and oxygen atoms in total. The topological polar surface area (TPSA) is 55.0 Å². The zero-order valence-electron chi connectivity index (χ0n) is 10.8. The van der Waals surface area contributed by atoms with Crippen LogP contribution in [0.2, 0.25) is 0 Å². The molecule has 1 unspecified atom stereocenters. The minimum Gasteiger partial charge on any atom is -0.388 e. The van der Waals surface area contributed by atoms with E-state index in [0.29, 0.717) is 16.7 Å². The summed E-state index contributed by atoms with van der Waals surface area (Å²) in [7, 11) is 0. The highest BCUT2D eigenvalue weighted by Crippen LogP contribution is 2.25. The molecule has 0 spiro atoms. The van der Waals surface area contributed by atoms with Gasteiger partial charge in [0.15, 0.2) is 5.82 Å². The van der Waals surface area contributed by atoms with Crippen molar-refractivity contribution in [1.82, 2.24) is 9.97 Å². The Morgan fingerprint density at radius 1 is 1.39 bits per heavy atom. The largest absolute Gasteiger partial charge is 0.388 e. The lowest BCUT2D eigenvalue weighted by Gasteiger charge is -2.31. The molecule has 0 amide bonds. The third kappa shape index (κ3) is 2.77. The summed E-state index contributed by atoms with van der Waals surface area (Å²) in [5, 5.41) is 0. The second-order valence-electron chi connectivity index (χ2n) is 4.70. The molecule has 5 heteroatoms. The van der Waals surface area contributed by atoms with Crippen molar-refractivity contribution < 1.29 is 0 Å². The molecule has 1 aliphatic rings. The Hall–Kier alpha value is -1.23. The van der Waals surface area contributed by atoms with E-state index in [1.807, 2.05) is 0 Å². The summed E-state index contributed by atoms with van der Waals surface area (Å²) in [4.78, 5) is 11.4. The minimum atomic E-state index is 0.331. The summed E-state index contributed by atoms with van der Waals surface area (Å²) in [5.41, 5.74) is 6.41. The van der Waals surface area contributed by atoms with E-state index < -0.39 is 0 Å². The van der Waals surface area contributed by atoms with Gasteiger partial charge in [-0.2, -0.15) is 0 Å². The Morgan fingerprint density at radius 2 is 2.17 bits per heavy atom. The Labute approximate surface area is 114 Å². The molecule has 1 saturated heterocycles. The third-order valence-corrected chi connectivity index (χ3v) is 3.73. The van der Waals surface area contributed by atoms with Crippen LogP contribution in [0.15, 0.2) is 12.4 Å². The van der Waals surface area contributed by atoms with Gasteiger partial charge in [0.25, 0.3) is 0 Å². The maximum absolute atomic E-state index is 5.75. The van der Waals surface area contributed by atoms with E-state index in [2.05, 4.69) is 21.8 Å². The lowest BCUT2D eigenvalue weighted by atomic mass is 10.1. The van der Waals surface area contributed by atoms with Gasteiger partial charge in [-0.3, -0.25) is 0 Å². The number of thiocarbonyl (C=S) groups is 1. The van der Waals surface area contributed by atoms with Crippen LogP contribution in [0.25, 0.3) is 0 Å². The van der Waals surface area contributed by atoms with Gasteiger partial charge in [-0.1, -0.05) is 32.0 Å². The van der Waals surface area contributed by atoms with E-state index in [4.69, 9.17) is 18.0 Å². The Kier molecular flexibility index (Phi) is 4.47. The molecule has 0 saturated carbocycles. The maximum Gasteiger partial charge on any atom is 0.157 e. The smallest absolute Gasteiger partial charge is 0.157 e. The van der Waals surface area contributed by atoms with Crippen molar-refractivity contribution in [2.24, 2.45) is 5.73 Å². The van der Waals surface area contributed by atoms with E-state index in [9.17, 15) is 0 Å². The number of aromatic nitrogens is 2. The van der Waals surface area contributed by atoms with Crippen LogP contribution in [0.5, 0.6) is 0 Å². The van der Waals surface area contributed by atoms with Crippen LogP contribution in [0.3, 0.4) is 0 Å². The fraction of sp³-hybridized carbons (Fsp3) is 0.615. The van der Waals surface area contributed by atoms with Crippen molar-refractivity contribution in [3.63, 3.8) is 0 Å². The Bertz CT molecular complexity index is 421. The van der Waals surface area contributed by atoms with E-state index >= 15 is 0 Å². The molecule has 0 aromatic carbocycles. The standard InChI is InChI=1S/C13H20N4S/c1-2-10-6-4-3-5-9-17(10)13-11(12(14)18)15-7-8-16-13/h7-8,10H,2-6,9H2,1H3,(H2,14,18). The molecule has 0 radical (unpaired) electrons.